The number of nitrogens with zero attached hydrogens (tertiary/aromatic N) is 2. The Balaban J connectivity index is 1.70. The van der Waals surface area contributed by atoms with Crippen molar-refractivity contribution in [1.82, 2.24) is 9.62 Å². The highest BCUT2D eigenvalue weighted by Gasteiger charge is 2.27. The van der Waals surface area contributed by atoms with E-state index in [2.05, 4.69) is 5.32 Å². The standard InChI is InChI=1S/C22H29N3O7S2/c1-3-32-20-6-4-5-18(15-20)16-23-22(26)17-25(33(2,27)28)19-7-9-21(10-8-19)34(29,30)24-11-13-31-14-12-24/h4-10,15H,3,11-14,16-17H2,1-2H3,(H,23,26). The Morgan fingerprint density at radius 3 is 2.38 bits per heavy atom. The lowest BCUT2D eigenvalue weighted by atomic mass is 10.2. The fraction of sp³-hybridized carbons (Fsp3) is 0.409. The Hall–Kier alpha value is -2.67. The maximum Gasteiger partial charge on any atom is 0.243 e. The van der Waals surface area contributed by atoms with Crippen LogP contribution in [0.1, 0.15) is 12.5 Å². The molecule has 0 saturated carbocycles. The number of amides is 1. The summed E-state index contributed by atoms with van der Waals surface area (Å²) in [6, 6.07) is 12.7. The third kappa shape index (κ3) is 6.69. The Kier molecular flexibility index (Phi) is 8.52. The summed E-state index contributed by atoms with van der Waals surface area (Å²) in [6.07, 6.45) is 0.990. The molecule has 0 radical (unpaired) electrons. The van der Waals surface area contributed by atoms with Crippen LogP contribution >= 0.6 is 0 Å². The van der Waals surface area contributed by atoms with E-state index in [1.807, 2.05) is 25.1 Å². The first-order chi connectivity index (χ1) is 16.1. The monoisotopic (exact) mass is 511 g/mol. The van der Waals surface area contributed by atoms with Gasteiger partial charge < -0.3 is 14.8 Å². The van der Waals surface area contributed by atoms with Crippen molar-refractivity contribution in [2.24, 2.45) is 0 Å². The highest BCUT2D eigenvalue weighted by atomic mass is 32.2. The fourth-order valence-corrected chi connectivity index (χ4v) is 5.68. The first kappa shape index (κ1) is 25.9. The largest absolute Gasteiger partial charge is 0.494 e. The van der Waals surface area contributed by atoms with Gasteiger partial charge in [0.15, 0.2) is 0 Å². The smallest absolute Gasteiger partial charge is 0.243 e. The first-order valence-corrected chi connectivity index (χ1v) is 14.0. The lowest BCUT2D eigenvalue weighted by molar-refractivity contribution is -0.119. The van der Waals surface area contributed by atoms with Crippen molar-refractivity contribution in [1.29, 1.82) is 0 Å². The van der Waals surface area contributed by atoms with Crippen LogP contribution in [0, 0.1) is 0 Å². The normalized spacial score (nSPS) is 15.0. The predicted octanol–water partition coefficient (Wildman–Crippen LogP) is 1.19. The average molecular weight is 512 g/mol. The second-order valence-electron chi connectivity index (χ2n) is 7.64. The average Bonchev–Trinajstić information content (AvgIpc) is 2.82. The predicted molar refractivity (Wildman–Crippen MR) is 128 cm³/mol. The molecule has 12 heteroatoms. The zero-order valence-corrected chi connectivity index (χ0v) is 20.8. The molecule has 1 N–H and O–H groups in total. The van der Waals surface area contributed by atoms with Gasteiger partial charge in [-0.1, -0.05) is 12.1 Å². The van der Waals surface area contributed by atoms with Crippen LogP contribution < -0.4 is 14.4 Å². The quantitative estimate of drug-likeness (QED) is 0.508. The van der Waals surface area contributed by atoms with Gasteiger partial charge in [-0.3, -0.25) is 9.10 Å². The molecule has 1 aliphatic heterocycles. The minimum Gasteiger partial charge on any atom is -0.494 e. The molecule has 1 aliphatic rings. The van der Waals surface area contributed by atoms with Crippen LogP contribution in [-0.2, 0) is 36.1 Å². The van der Waals surface area contributed by atoms with Crippen LogP contribution in [-0.4, -0.2) is 72.8 Å². The number of morpholine rings is 1. The molecule has 0 bridgehead atoms. The number of anilines is 1. The Bertz CT molecular complexity index is 1190. The van der Waals surface area contributed by atoms with E-state index >= 15 is 0 Å². The number of carbonyl (C=O) groups excluding carboxylic acids is 1. The van der Waals surface area contributed by atoms with E-state index in [-0.39, 0.29) is 30.2 Å². The van der Waals surface area contributed by atoms with Crippen molar-refractivity contribution >= 4 is 31.6 Å². The SMILES string of the molecule is CCOc1cccc(CNC(=O)CN(c2ccc(S(=O)(=O)N3CCOCC3)cc2)S(C)(=O)=O)c1. The van der Waals surface area contributed by atoms with Gasteiger partial charge in [0.2, 0.25) is 26.0 Å². The molecule has 0 spiro atoms. The fourth-order valence-electron chi connectivity index (χ4n) is 3.42. The number of ether oxygens (including phenoxy) is 2. The highest BCUT2D eigenvalue weighted by Crippen LogP contribution is 2.23. The van der Waals surface area contributed by atoms with E-state index in [1.54, 1.807) is 6.07 Å². The number of hydrogen-bond donors (Lipinski definition) is 1. The first-order valence-electron chi connectivity index (χ1n) is 10.8. The van der Waals surface area contributed by atoms with E-state index in [4.69, 9.17) is 9.47 Å². The molecule has 186 valence electrons. The highest BCUT2D eigenvalue weighted by molar-refractivity contribution is 7.92. The van der Waals surface area contributed by atoms with Crippen LogP contribution in [0.3, 0.4) is 0 Å². The summed E-state index contributed by atoms with van der Waals surface area (Å²) < 4.78 is 63.2. The van der Waals surface area contributed by atoms with Crippen LogP contribution in [0.5, 0.6) is 5.75 Å². The maximum atomic E-state index is 12.8. The van der Waals surface area contributed by atoms with Crippen LogP contribution in [0.4, 0.5) is 5.69 Å². The Labute approximate surface area is 200 Å². The van der Waals surface area contributed by atoms with E-state index in [1.165, 1.54) is 28.6 Å². The molecule has 34 heavy (non-hydrogen) atoms. The lowest BCUT2D eigenvalue weighted by Crippen LogP contribution is -2.41. The minimum absolute atomic E-state index is 0.0465. The maximum absolute atomic E-state index is 12.8. The second kappa shape index (κ2) is 11.2. The number of carbonyl (C=O) groups is 1. The summed E-state index contributed by atoms with van der Waals surface area (Å²) in [4.78, 5) is 12.6. The van der Waals surface area contributed by atoms with E-state index in [0.717, 1.165) is 16.1 Å². The number of nitrogens with one attached hydrogen (secondary N) is 1. The number of rotatable bonds is 10. The van der Waals surface area contributed by atoms with Crippen molar-refractivity contribution in [3.63, 3.8) is 0 Å². The molecular weight excluding hydrogens is 482 g/mol. The van der Waals surface area contributed by atoms with Gasteiger partial charge in [0.25, 0.3) is 0 Å². The zero-order chi connectivity index (χ0) is 24.8. The summed E-state index contributed by atoms with van der Waals surface area (Å²) in [5.41, 5.74) is 1.000. The molecule has 1 saturated heterocycles. The third-order valence-electron chi connectivity index (χ3n) is 5.12. The van der Waals surface area contributed by atoms with E-state index in [9.17, 15) is 21.6 Å². The molecule has 2 aromatic carbocycles. The van der Waals surface area contributed by atoms with Gasteiger partial charge in [-0.25, -0.2) is 16.8 Å². The summed E-state index contributed by atoms with van der Waals surface area (Å²) in [7, 11) is -7.52. The third-order valence-corrected chi connectivity index (χ3v) is 8.17. The molecule has 0 aliphatic carbocycles. The van der Waals surface area contributed by atoms with Gasteiger partial charge in [0.05, 0.1) is 36.7 Å². The number of hydrogen-bond acceptors (Lipinski definition) is 7. The molecule has 0 atom stereocenters. The number of benzene rings is 2. The Morgan fingerprint density at radius 1 is 1.09 bits per heavy atom. The second-order valence-corrected chi connectivity index (χ2v) is 11.5. The summed E-state index contributed by atoms with van der Waals surface area (Å²) in [6.45, 7) is 3.31. The van der Waals surface area contributed by atoms with Crippen molar-refractivity contribution in [3.05, 3.63) is 54.1 Å². The molecule has 0 aromatic heterocycles. The lowest BCUT2D eigenvalue weighted by Gasteiger charge is -2.26. The molecular formula is C22H29N3O7S2. The molecule has 1 fully saturated rings. The molecule has 2 aromatic rings. The molecule has 10 nitrogen and oxygen atoms in total. The van der Waals surface area contributed by atoms with Crippen LogP contribution in [0.25, 0.3) is 0 Å². The van der Waals surface area contributed by atoms with Crippen LogP contribution in [0.15, 0.2) is 53.4 Å². The van der Waals surface area contributed by atoms with Gasteiger partial charge in [0, 0.05) is 19.6 Å². The Morgan fingerprint density at radius 2 is 1.76 bits per heavy atom. The van der Waals surface area contributed by atoms with Gasteiger partial charge in [0.1, 0.15) is 12.3 Å². The van der Waals surface area contributed by atoms with Gasteiger partial charge in [-0.15, -0.1) is 0 Å². The van der Waals surface area contributed by atoms with Gasteiger partial charge in [-0.05, 0) is 48.9 Å². The van der Waals surface area contributed by atoms with Crippen LogP contribution in [0.2, 0.25) is 0 Å². The summed E-state index contributed by atoms with van der Waals surface area (Å²) in [5.74, 6) is 0.177. The minimum atomic E-state index is -3.80. The molecule has 1 heterocycles. The molecule has 3 rings (SSSR count). The van der Waals surface area contributed by atoms with Gasteiger partial charge >= 0.3 is 0 Å². The summed E-state index contributed by atoms with van der Waals surface area (Å²) in [5, 5.41) is 2.70. The molecule has 1 amide bonds. The number of sulfonamides is 2. The van der Waals surface area contributed by atoms with E-state index in [0.29, 0.717) is 25.6 Å². The zero-order valence-electron chi connectivity index (χ0n) is 19.1. The van der Waals surface area contributed by atoms with Crippen molar-refractivity contribution in [2.45, 2.75) is 18.4 Å². The van der Waals surface area contributed by atoms with Crippen molar-refractivity contribution in [3.8, 4) is 5.75 Å². The van der Waals surface area contributed by atoms with Gasteiger partial charge in [-0.2, -0.15) is 4.31 Å². The van der Waals surface area contributed by atoms with E-state index < -0.39 is 32.5 Å². The molecule has 0 unspecified atom stereocenters. The topological polar surface area (TPSA) is 122 Å². The summed E-state index contributed by atoms with van der Waals surface area (Å²) >= 11 is 0. The van der Waals surface area contributed by atoms with Crippen molar-refractivity contribution < 1.29 is 31.1 Å². The van der Waals surface area contributed by atoms with Crippen molar-refractivity contribution in [2.75, 3.05) is 50.0 Å².